The minimum atomic E-state index is -4.88. The monoisotopic (exact) mass is 686 g/mol. The molecule has 0 unspecified atom stereocenters. The third kappa shape index (κ3) is 8.89. The lowest BCUT2D eigenvalue weighted by Gasteiger charge is -2.32. The van der Waals surface area contributed by atoms with Crippen molar-refractivity contribution >= 4 is 58.9 Å². The number of alkyl halides is 3. The maximum atomic E-state index is 12.5. The number of likely N-dealkylation sites (tertiary alicyclic amines) is 1. The van der Waals surface area contributed by atoms with Crippen molar-refractivity contribution < 1.29 is 22.8 Å². The number of urea groups is 1. The molecule has 2 aromatic rings. The minimum absolute atomic E-state index is 0. The Labute approximate surface area is 265 Å². The minimum Gasteiger partial charge on any atom is -0.367 e. The highest BCUT2D eigenvalue weighted by atomic mass is 35.5. The lowest BCUT2D eigenvalue weighted by Crippen LogP contribution is -2.52. The molecule has 6 N–H and O–H groups in total. The zero-order valence-electron chi connectivity index (χ0n) is 23.2. The molecule has 3 fully saturated rings. The number of aromatic amines is 2. The Bertz CT molecular complexity index is 1420. The fraction of sp³-hybridized carbons (Fsp3) is 0.583. The van der Waals surface area contributed by atoms with Gasteiger partial charge < -0.3 is 31.1 Å². The molecule has 5 rings (SSSR count). The lowest BCUT2D eigenvalue weighted by molar-refractivity contribution is -0.186. The molecule has 244 valence electrons. The first-order valence-corrected chi connectivity index (χ1v) is 14.2. The van der Waals surface area contributed by atoms with Crippen LogP contribution in [0.5, 0.6) is 0 Å². The smallest absolute Gasteiger partial charge is 0.367 e. The van der Waals surface area contributed by atoms with Crippen LogP contribution in [0.2, 0.25) is 10.0 Å². The number of anilines is 2. The molecule has 0 saturated carbocycles. The first-order valence-electron chi connectivity index (χ1n) is 13.5. The van der Waals surface area contributed by atoms with Crippen LogP contribution in [-0.2, 0) is 4.79 Å². The fourth-order valence-electron chi connectivity index (χ4n) is 5.11. The van der Waals surface area contributed by atoms with Crippen molar-refractivity contribution in [2.24, 2.45) is 5.73 Å². The van der Waals surface area contributed by atoms with Gasteiger partial charge >= 0.3 is 18.1 Å². The number of piperidine rings is 1. The summed E-state index contributed by atoms with van der Waals surface area (Å²) in [6.45, 7) is 2.45. The van der Waals surface area contributed by atoms with Gasteiger partial charge in [0.15, 0.2) is 0 Å². The molecule has 0 bridgehead atoms. The van der Waals surface area contributed by atoms with Gasteiger partial charge in [0.1, 0.15) is 10.0 Å². The van der Waals surface area contributed by atoms with Crippen LogP contribution in [0.25, 0.3) is 0 Å². The van der Waals surface area contributed by atoms with Gasteiger partial charge in [-0.3, -0.25) is 14.4 Å². The van der Waals surface area contributed by atoms with E-state index in [0.29, 0.717) is 30.9 Å². The Morgan fingerprint density at radius 3 is 1.82 bits per heavy atom. The van der Waals surface area contributed by atoms with E-state index in [4.69, 9.17) is 28.9 Å². The van der Waals surface area contributed by atoms with Gasteiger partial charge in [0.2, 0.25) is 0 Å². The summed E-state index contributed by atoms with van der Waals surface area (Å²) in [7, 11) is 0. The number of hydrogen-bond donors (Lipinski definition) is 5. The number of hydrogen-bond acceptors (Lipinski definition) is 9. The van der Waals surface area contributed by atoms with Crippen molar-refractivity contribution in [1.29, 1.82) is 0 Å². The summed E-state index contributed by atoms with van der Waals surface area (Å²) >= 11 is 11.8. The van der Waals surface area contributed by atoms with Crippen molar-refractivity contribution in [1.82, 2.24) is 35.9 Å². The van der Waals surface area contributed by atoms with Crippen molar-refractivity contribution in [3.8, 4) is 0 Å². The maximum absolute atomic E-state index is 12.5. The number of nitrogens with one attached hydrogen (secondary N) is 4. The number of aromatic nitrogens is 4. The average molecular weight is 688 g/mol. The van der Waals surface area contributed by atoms with Crippen molar-refractivity contribution in [2.75, 3.05) is 49.1 Å². The molecule has 20 heteroatoms. The number of nitrogens with two attached hydrogens (primary N) is 1. The quantitative estimate of drug-likeness (QED) is 0.316. The topological polar surface area (TPSA) is 185 Å². The fourth-order valence-corrected chi connectivity index (χ4v) is 5.53. The molecule has 14 nitrogen and oxygen atoms in total. The molecule has 3 amide bonds. The second-order valence-corrected chi connectivity index (χ2v) is 11.2. The first-order chi connectivity index (χ1) is 20.3. The molecule has 3 saturated heterocycles. The van der Waals surface area contributed by atoms with E-state index in [0.717, 1.165) is 24.4 Å². The van der Waals surface area contributed by atoms with Gasteiger partial charge in [-0.25, -0.2) is 15.0 Å². The van der Waals surface area contributed by atoms with Crippen LogP contribution in [-0.4, -0.2) is 101 Å². The Hall–Kier alpha value is -3.28. The molecular weight excluding hydrogens is 656 g/mol. The molecule has 5 heterocycles. The third-order valence-corrected chi connectivity index (χ3v) is 8.07. The van der Waals surface area contributed by atoms with E-state index in [-0.39, 0.29) is 72.1 Å². The Balaban J connectivity index is 0.000000295. The maximum Gasteiger partial charge on any atom is 0.471 e. The third-order valence-electron chi connectivity index (χ3n) is 7.34. The van der Waals surface area contributed by atoms with Crippen LogP contribution in [0.15, 0.2) is 22.0 Å². The van der Waals surface area contributed by atoms with Gasteiger partial charge in [0, 0.05) is 57.4 Å². The van der Waals surface area contributed by atoms with Crippen LogP contribution < -0.4 is 37.3 Å². The summed E-state index contributed by atoms with van der Waals surface area (Å²) in [4.78, 5) is 50.7. The van der Waals surface area contributed by atoms with E-state index in [2.05, 4.69) is 31.0 Å². The molecule has 3 aliphatic heterocycles. The molecular formula is C24H32Cl3F3N10O4. The van der Waals surface area contributed by atoms with Crippen molar-refractivity contribution in [3.63, 3.8) is 0 Å². The van der Waals surface area contributed by atoms with Crippen LogP contribution >= 0.6 is 35.6 Å². The number of carbonyl (C=O) groups excluding carboxylic acids is 2. The average Bonchev–Trinajstić information content (AvgIpc) is 3.60. The predicted molar refractivity (Wildman–Crippen MR) is 160 cm³/mol. The van der Waals surface area contributed by atoms with E-state index in [9.17, 15) is 32.3 Å². The van der Waals surface area contributed by atoms with Gasteiger partial charge in [-0.05, 0) is 25.7 Å². The summed E-state index contributed by atoms with van der Waals surface area (Å²) < 4.78 is 37.4. The van der Waals surface area contributed by atoms with Crippen LogP contribution in [0, 0.1) is 0 Å². The highest BCUT2D eigenvalue weighted by Crippen LogP contribution is 2.26. The molecule has 0 aromatic carbocycles. The van der Waals surface area contributed by atoms with Gasteiger partial charge in [0.25, 0.3) is 11.1 Å². The summed E-state index contributed by atoms with van der Waals surface area (Å²) in [5.74, 6) is -1.85. The predicted octanol–water partition coefficient (Wildman–Crippen LogP) is 1.24. The van der Waals surface area contributed by atoms with Crippen LogP contribution in [0.3, 0.4) is 0 Å². The zero-order valence-corrected chi connectivity index (χ0v) is 25.5. The van der Waals surface area contributed by atoms with Crippen molar-refractivity contribution in [2.45, 2.75) is 50.0 Å². The highest BCUT2D eigenvalue weighted by Gasteiger charge is 2.43. The van der Waals surface area contributed by atoms with Gasteiger partial charge in [-0.1, -0.05) is 23.2 Å². The largest absolute Gasteiger partial charge is 0.471 e. The van der Waals surface area contributed by atoms with E-state index >= 15 is 0 Å². The van der Waals surface area contributed by atoms with Crippen molar-refractivity contribution in [3.05, 3.63) is 43.1 Å². The molecule has 0 radical (unpaired) electrons. The number of nitrogens with zero attached hydrogens (tertiary/aromatic N) is 5. The highest BCUT2D eigenvalue weighted by molar-refractivity contribution is 6.33. The van der Waals surface area contributed by atoms with E-state index in [1.807, 2.05) is 9.80 Å². The standard InChI is InChI=1S/C16H20ClF3N6O3.C8H11ClN4O.ClH/c17-12-11(7-21-24-13(12)27)26-6-3-10(8-26)23-15(29)22-9-1-4-25(5-2-9)14(28)16(18,19)20;9-7-6(3-11-12-8(7)14)13-2-1-5(10)4-13;/h7,9-10H,1-6,8H2,(H,24,27)(H2,22,23,29);3,5H,1-2,4,10H2,(H,12,14);1H/t10-;5-;/m11./s1. The van der Waals surface area contributed by atoms with E-state index in [1.165, 1.54) is 6.20 Å². The molecule has 2 atom stereocenters. The zero-order chi connectivity index (χ0) is 31.3. The summed E-state index contributed by atoms with van der Waals surface area (Å²) in [6, 6.07) is -0.758. The Morgan fingerprint density at radius 2 is 1.32 bits per heavy atom. The normalized spacial score (nSPS) is 20.5. The summed E-state index contributed by atoms with van der Waals surface area (Å²) in [5.41, 5.74) is 6.07. The van der Waals surface area contributed by atoms with Gasteiger partial charge in [-0.15, -0.1) is 12.4 Å². The summed E-state index contributed by atoms with van der Waals surface area (Å²) in [6.07, 6.45) is 0.177. The second kappa shape index (κ2) is 15.1. The van der Waals surface area contributed by atoms with Gasteiger partial charge in [-0.2, -0.15) is 23.4 Å². The molecule has 44 heavy (non-hydrogen) atoms. The van der Waals surface area contributed by atoms with Gasteiger partial charge in [0.05, 0.1) is 23.8 Å². The number of halogens is 6. The molecule has 0 aliphatic carbocycles. The SMILES string of the molecule is Cl.N[C@@H]1CCN(c2cn[nH]c(=O)c2Cl)C1.O=C(NC1CCN(C(=O)C(F)(F)F)CC1)N[C@@H]1CCN(c2cn[nH]c(=O)c2Cl)C1. The Kier molecular flexibility index (Phi) is 12.1. The molecule has 0 spiro atoms. The molecule has 2 aromatic heterocycles. The summed E-state index contributed by atoms with van der Waals surface area (Å²) in [5, 5.41) is 17.7. The number of carbonyl (C=O) groups is 2. The van der Waals surface area contributed by atoms with Crippen LogP contribution in [0.1, 0.15) is 25.7 Å². The molecule has 3 aliphatic rings. The number of amides is 3. The number of H-pyrrole nitrogens is 2. The van der Waals surface area contributed by atoms with E-state index in [1.54, 1.807) is 6.20 Å². The number of rotatable bonds is 4. The Morgan fingerprint density at radius 1 is 0.841 bits per heavy atom. The lowest BCUT2D eigenvalue weighted by atomic mass is 10.1. The second-order valence-electron chi connectivity index (χ2n) is 10.4. The van der Waals surface area contributed by atoms with E-state index < -0.39 is 23.7 Å². The van der Waals surface area contributed by atoms with Crippen LogP contribution in [0.4, 0.5) is 29.3 Å². The first kappa shape index (κ1) is 35.2.